The number of allylic oxidation sites excluding steroid dienone is 3. The van der Waals surface area contributed by atoms with Gasteiger partial charge in [0.05, 0.1) is 11.1 Å². The molecule has 130 valence electrons. The van der Waals surface area contributed by atoms with Gasteiger partial charge in [-0.05, 0) is 36.4 Å². The standard InChI is InChI=1S/C20H17ClN4O/c1-24-10-9-16-18(24)17(20(26)23-14-6-4-7-14)12-22-19(16)25(2)15-8-3-5-13(21)11-15/h3-12H,1-2H3,(H,23,26). The minimum Gasteiger partial charge on any atom is -0.350 e. The molecular weight excluding hydrogens is 348 g/mol. The molecular formula is C20H17ClN4O. The lowest BCUT2D eigenvalue weighted by Gasteiger charge is -2.20. The summed E-state index contributed by atoms with van der Waals surface area (Å²) in [5, 5.41) is 4.45. The molecule has 2 heterocycles. The molecule has 5 nitrogen and oxygen atoms in total. The second kappa shape index (κ2) is 6.35. The maximum absolute atomic E-state index is 12.6. The van der Waals surface area contributed by atoms with Crippen LogP contribution in [0.2, 0.25) is 5.02 Å². The van der Waals surface area contributed by atoms with E-state index in [0.29, 0.717) is 10.6 Å². The molecule has 0 atom stereocenters. The first-order valence-corrected chi connectivity index (χ1v) is 8.55. The van der Waals surface area contributed by atoms with E-state index in [1.54, 1.807) is 6.20 Å². The smallest absolute Gasteiger partial charge is 0.259 e. The Hall–Kier alpha value is -3.05. The number of nitrogens with zero attached hydrogens (tertiary/aromatic N) is 3. The van der Waals surface area contributed by atoms with Crippen LogP contribution in [0.5, 0.6) is 0 Å². The van der Waals surface area contributed by atoms with Crippen molar-refractivity contribution in [2.45, 2.75) is 0 Å². The highest BCUT2D eigenvalue weighted by Gasteiger charge is 2.19. The van der Waals surface area contributed by atoms with E-state index >= 15 is 0 Å². The maximum Gasteiger partial charge on any atom is 0.259 e. The van der Waals surface area contributed by atoms with E-state index in [4.69, 9.17) is 11.6 Å². The van der Waals surface area contributed by atoms with Gasteiger partial charge in [-0.1, -0.05) is 23.7 Å². The first-order valence-electron chi connectivity index (χ1n) is 8.17. The SMILES string of the molecule is CN(c1cccc(Cl)c1)c1ncc(C(=O)NC2=CC=C2)c2c1ccn2C. The molecule has 0 saturated carbocycles. The van der Waals surface area contributed by atoms with E-state index < -0.39 is 0 Å². The van der Waals surface area contributed by atoms with Crippen molar-refractivity contribution >= 4 is 39.9 Å². The number of carbonyl (C=O) groups excluding carboxylic acids is 1. The van der Waals surface area contributed by atoms with Gasteiger partial charge in [-0.25, -0.2) is 4.98 Å². The molecule has 6 heteroatoms. The average molecular weight is 365 g/mol. The van der Waals surface area contributed by atoms with E-state index in [1.165, 1.54) is 0 Å². The van der Waals surface area contributed by atoms with Crippen molar-refractivity contribution in [3.8, 4) is 0 Å². The summed E-state index contributed by atoms with van der Waals surface area (Å²) < 4.78 is 1.94. The lowest BCUT2D eigenvalue weighted by molar-refractivity contribution is 0.0968. The number of benzene rings is 1. The Kier molecular flexibility index (Phi) is 4.01. The second-order valence-electron chi connectivity index (χ2n) is 6.16. The van der Waals surface area contributed by atoms with Crippen molar-refractivity contribution in [3.05, 3.63) is 77.2 Å². The van der Waals surface area contributed by atoms with Crippen LogP contribution in [-0.4, -0.2) is 22.5 Å². The second-order valence-corrected chi connectivity index (χ2v) is 6.59. The van der Waals surface area contributed by atoms with Gasteiger partial charge in [-0.3, -0.25) is 4.79 Å². The van der Waals surface area contributed by atoms with Gasteiger partial charge in [-0.15, -0.1) is 0 Å². The Balaban J connectivity index is 1.78. The van der Waals surface area contributed by atoms with Crippen LogP contribution in [-0.2, 0) is 7.05 Å². The predicted octanol–water partition coefficient (Wildman–Crippen LogP) is 4.18. The summed E-state index contributed by atoms with van der Waals surface area (Å²) in [7, 11) is 3.86. The minimum absolute atomic E-state index is 0.170. The first-order chi connectivity index (χ1) is 12.5. The number of pyridine rings is 1. The zero-order valence-electron chi connectivity index (χ0n) is 14.4. The summed E-state index contributed by atoms with van der Waals surface area (Å²) in [6, 6.07) is 9.56. The van der Waals surface area contributed by atoms with Crippen LogP contribution in [0.4, 0.5) is 11.5 Å². The largest absolute Gasteiger partial charge is 0.350 e. The molecule has 1 aromatic carbocycles. The van der Waals surface area contributed by atoms with Crippen LogP contribution < -0.4 is 10.2 Å². The zero-order chi connectivity index (χ0) is 18.3. The lowest BCUT2D eigenvalue weighted by atomic mass is 10.1. The third-order valence-electron chi connectivity index (χ3n) is 4.45. The summed E-state index contributed by atoms with van der Waals surface area (Å²) in [5.41, 5.74) is 3.11. The molecule has 0 bridgehead atoms. The third kappa shape index (κ3) is 2.76. The number of amides is 1. The molecule has 1 aliphatic rings. The number of nitrogens with one attached hydrogen (secondary N) is 1. The van der Waals surface area contributed by atoms with Gasteiger partial charge < -0.3 is 14.8 Å². The number of halogens is 1. The van der Waals surface area contributed by atoms with Crippen molar-refractivity contribution in [1.82, 2.24) is 14.9 Å². The fourth-order valence-corrected chi connectivity index (χ4v) is 3.20. The predicted molar refractivity (Wildman–Crippen MR) is 105 cm³/mol. The van der Waals surface area contributed by atoms with Crippen molar-refractivity contribution < 1.29 is 4.79 Å². The number of fused-ring (bicyclic) bond motifs is 1. The monoisotopic (exact) mass is 364 g/mol. The molecule has 0 unspecified atom stereocenters. The van der Waals surface area contributed by atoms with Crippen LogP contribution in [0, 0.1) is 0 Å². The molecule has 0 aliphatic heterocycles. The number of hydrogen-bond donors (Lipinski definition) is 1. The summed E-state index contributed by atoms with van der Waals surface area (Å²) in [5.74, 6) is 0.596. The summed E-state index contributed by atoms with van der Waals surface area (Å²) in [4.78, 5) is 19.2. The van der Waals surface area contributed by atoms with Crippen molar-refractivity contribution in [2.75, 3.05) is 11.9 Å². The normalized spacial score (nSPS) is 12.7. The summed E-state index contributed by atoms with van der Waals surface area (Å²) in [6.45, 7) is 0. The molecule has 1 amide bonds. The van der Waals surface area contributed by atoms with Gasteiger partial charge in [0.1, 0.15) is 5.82 Å². The number of anilines is 2. The number of aryl methyl sites for hydroxylation is 1. The molecule has 0 radical (unpaired) electrons. The van der Waals surface area contributed by atoms with Crippen LogP contribution in [0.25, 0.3) is 10.9 Å². The zero-order valence-corrected chi connectivity index (χ0v) is 15.2. The van der Waals surface area contributed by atoms with Crippen LogP contribution >= 0.6 is 11.6 Å². The van der Waals surface area contributed by atoms with Crippen molar-refractivity contribution in [3.63, 3.8) is 0 Å². The fourth-order valence-electron chi connectivity index (χ4n) is 3.02. The molecule has 1 aliphatic carbocycles. The Morgan fingerprint density at radius 3 is 2.81 bits per heavy atom. The van der Waals surface area contributed by atoms with Gasteiger partial charge in [0.2, 0.25) is 0 Å². The Bertz CT molecular complexity index is 1080. The van der Waals surface area contributed by atoms with E-state index in [2.05, 4.69) is 10.3 Å². The highest BCUT2D eigenvalue weighted by atomic mass is 35.5. The van der Waals surface area contributed by atoms with Gasteiger partial charge in [-0.2, -0.15) is 0 Å². The van der Waals surface area contributed by atoms with E-state index in [9.17, 15) is 4.79 Å². The van der Waals surface area contributed by atoms with Gasteiger partial charge in [0.25, 0.3) is 5.91 Å². The fraction of sp³-hybridized carbons (Fsp3) is 0.100. The molecule has 26 heavy (non-hydrogen) atoms. The van der Waals surface area contributed by atoms with E-state index in [1.807, 2.05) is 78.3 Å². The Labute approximate surface area is 156 Å². The summed E-state index contributed by atoms with van der Waals surface area (Å²) in [6.07, 6.45) is 9.15. The van der Waals surface area contributed by atoms with Gasteiger partial charge >= 0.3 is 0 Å². The highest BCUT2D eigenvalue weighted by Crippen LogP contribution is 2.32. The number of carbonyl (C=O) groups is 1. The average Bonchev–Trinajstić information content (AvgIpc) is 2.99. The molecule has 1 N–H and O–H groups in total. The van der Waals surface area contributed by atoms with Crippen LogP contribution in [0.1, 0.15) is 10.4 Å². The van der Waals surface area contributed by atoms with Crippen LogP contribution in [0.15, 0.2) is 66.7 Å². The van der Waals surface area contributed by atoms with Crippen LogP contribution in [0.3, 0.4) is 0 Å². The highest BCUT2D eigenvalue weighted by molar-refractivity contribution is 6.30. The van der Waals surface area contributed by atoms with E-state index in [-0.39, 0.29) is 5.91 Å². The number of aromatic nitrogens is 2. The summed E-state index contributed by atoms with van der Waals surface area (Å²) >= 11 is 6.12. The number of rotatable bonds is 4. The molecule has 0 fully saturated rings. The quantitative estimate of drug-likeness (QED) is 0.755. The topological polar surface area (TPSA) is 50.2 Å². The molecule has 2 aromatic heterocycles. The molecule has 3 aromatic rings. The molecule has 0 spiro atoms. The van der Waals surface area contributed by atoms with Gasteiger partial charge in [0.15, 0.2) is 0 Å². The lowest BCUT2D eigenvalue weighted by Crippen LogP contribution is -2.24. The van der Waals surface area contributed by atoms with Crippen molar-refractivity contribution in [2.24, 2.45) is 7.05 Å². The molecule has 4 rings (SSSR count). The van der Waals surface area contributed by atoms with Gasteiger partial charge in [0, 0.05) is 48.3 Å². The third-order valence-corrected chi connectivity index (χ3v) is 4.69. The van der Waals surface area contributed by atoms with E-state index in [0.717, 1.165) is 28.1 Å². The Morgan fingerprint density at radius 1 is 1.31 bits per heavy atom. The minimum atomic E-state index is -0.170. The van der Waals surface area contributed by atoms with Crippen molar-refractivity contribution in [1.29, 1.82) is 0 Å². The Morgan fingerprint density at radius 2 is 2.12 bits per heavy atom. The maximum atomic E-state index is 12.6. The molecule has 0 saturated heterocycles. The number of hydrogen-bond acceptors (Lipinski definition) is 3. The first kappa shape index (κ1) is 16.4.